The van der Waals surface area contributed by atoms with Crippen molar-refractivity contribution >= 4 is 56.8 Å². The van der Waals surface area contributed by atoms with Crippen LogP contribution in [0.25, 0.3) is 0 Å². The lowest BCUT2D eigenvalue weighted by Crippen LogP contribution is -2.54. The Morgan fingerprint density at radius 2 is 1.64 bits per heavy atom. The number of fused-ring (bicyclic) bond motifs is 1. The number of nitrogens with one attached hydrogen (secondary N) is 4. The van der Waals surface area contributed by atoms with Crippen molar-refractivity contribution < 1.29 is 24.0 Å². The summed E-state index contributed by atoms with van der Waals surface area (Å²) in [6.45, 7) is 2.93. The molecule has 2 aromatic carbocycles. The molecular weight excluding hydrogens is 744 g/mol. The second kappa shape index (κ2) is 16.8. The number of aromatic nitrogens is 2. The van der Waals surface area contributed by atoms with E-state index in [4.69, 9.17) is 0 Å². The Labute approximate surface area is 316 Å². The van der Waals surface area contributed by atoms with Crippen LogP contribution in [0, 0.1) is 0 Å². The highest BCUT2D eigenvalue weighted by molar-refractivity contribution is 9.10. The third-order valence-electron chi connectivity index (χ3n) is 10.1. The van der Waals surface area contributed by atoms with Crippen LogP contribution in [-0.2, 0) is 16.6 Å². The number of hydrogen-bond acceptors (Lipinski definition) is 10. The molecule has 5 amide bonds. The summed E-state index contributed by atoms with van der Waals surface area (Å²) in [5, 5.41) is 16.2. The Bertz CT molecular complexity index is 1950. The van der Waals surface area contributed by atoms with Crippen LogP contribution in [0.5, 0.6) is 0 Å². The molecule has 280 valence electrons. The van der Waals surface area contributed by atoms with Crippen LogP contribution in [0.2, 0.25) is 0 Å². The third-order valence-corrected chi connectivity index (χ3v) is 10.9. The first-order chi connectivity index (χ1) is 25.5. The summed E-state index contributed by atoms with van der Waals surface area (Å²) in [4.78, 5) is 78.6. The van der Waals surface area contributed by atoms with Crippen molar-refractivity contribution in [1.29, 1.82) is 0 Å². The van der Waals surface area contributed by atoms with Crippen LogP contribution in [0.4, 0.5) is 11.4 Å². The number of carbonyl (C=O) groups excluding carboxylic acids is 5. The number of nitrogens with zero attached hydrogens (tertiary/aromatic N) is 4. The van der Waals surface area contributed by atoms with E-state index in [1.807, 2.05) is 24.3 Å². The first kappa shape index (κ1) is 37.9. The summed E-state index contributed by atoms with van der Waals surface area (Å²) in [6, 6.07) is 12.0. The van der Waals surface area contributed by atoms with Crippen LogP contribution >= 0.6 is 15.9 Å². The monoisotopic (exact) mass is 788 g/mol. The molecule has 4 N–H and O–H groups in total. The normalized spacial score (nSPS) is 20.3. The van der Waals surface area contributed by atoms with Crippen LogP contribution in [0.3, 0.4) is 0 Å². The Morgan fingerprint density at radius 1 is 0.906 bits per heavy atom. The lowest BCUT2D eigenvalue weighted by molar-refractivity contribution is -0.136. The lowest BCUT2D eigenvalue weighted by atomic mass is 9.87. The number of anilines is 2. The number of aryl methyl sites for hydroxylation is 1. The van der Waals surface area contributed by atoms with Crippen molar-refractivity contribution in [3.63, 3.8) is 0 Å². The van der Waals surface area contributed by atoms with E-state index in [-0.39, 0.29) is 47.4 Å². The molecule has 3 atom stereocenters. The first-order valence-electron chi connectivity index (χ1n) is 18.1. The van der Waals surface area contributed by atoms with Crippen molar-refractivity contribution in [3.8, 4) is 0 Å². The number of likely N-dealkylation sites (tertiary alicyclic amines) is 1. The average Bonchev–Trinajstić information content (AvgIpc) is 3.40. The fourth-order valence-electron chi connectivity index (χ4n) is 7.37. The first-order valence-corrected chi connectivity index (χ1v) is 18.9. The molecule has 3 aliphatic heterocycles. The van der Waals surface area contributed by atoms with Gasteiger partial charge in [-0.05, 0) is 84.4 Å². The Balaban J connectivity index is 0.886. The van der Waals surface area contributed by atoms with E-state index in [0.29, 0.717) is 34.5 Å². The Kier molecular flexibility index (Phi) is 12.0. The minimum absolute atomic E-state index is 0.0771. The topological polar surface area (TPSA) is 175 Å². The van der Waals surface area contributed by atoms with Crippen LogP contribution < -0.4 is 26.8 Å². The number of unbranched alkanes of at least 4 members (excludes halogenated alkanes) is 4. The number of carbonyl (C=O) groups is 5. The van der Waals surface area contributed by atoms with E-state index in [2.05, 4.69) is 54.2 Å². The predicted octanol–water partition coefficient (Wildman–Crippen LogP) is 3.64. The molecule has 0 saturated carbocycles. The van der Waals surface area contributed by atoms with Gasteiger partial charge in [-0.25, -0.2) is 4.68 Å². The minimum atomic E-state index is -0.994. The van der Waals surface area contributed by atoms with E-state index >= 15 is 0 Å². The summed E-state index contributed by atoms with van der Waals surface area (Å²) < 4.78 is 1.76. The average molecular weight is 790 g/mol. The van der Waals surface area contributed by atoms with Gasteiger partial charge in [0, 0.05) is 56.9 Å². The number of benzene rings is 2. The molecule has 14 nitrogen and oxygen atoms in total. The van der Waals surface area contributed by atoms with Gasteiger partial charge in [0.1, 0.15) is 10.5 Å². The Hall–Kier alpha value is -4.89. The second-order valence-electron chi connectivity index (χ2n) is 14.0. The van der Waals surface area contributed by atoms with E-state index in [9.17, 15) is 28.8 Å². The molecule has 0 radical (unpaired) electrons. The zero-order valence-electron chi connectivity index (χ0n) is 30.0. The van der Waals surface area contributed by atoms with Gasteiger partial charge in [0.15, 0.2) is 0 Å². The van der Waals surface area contributed by atoms with Gasteiger partial charge in [-0.15, -0.1) is 0 Å². The predicted molar refractivity (Wildman–Crippen MR) is 203 cm³/mol. The second-order valence-corrected chi connectivity index (χ2v) is 14.8. The molecule has 0 aliphatic carbocycles. The standard InChI is InChI=1S/C38H45BrN8O6/c1-45-21-25(19-26(22-45)43-29-20-42-46(2)38(53)33(29)39)23-11-13-24(14-12-23)34(49)41-18-7-5-3-4-6-17-40-28-10-8-9-27-32(28)37(52)47(36(27)51)30-15-16-31(48)44-35(30)50/h8-14,20,25-26,30,40,43H,3-7,15-19,21-22H2,1-2H3,(H,41,49)(H,44,48,50)/t25-,26+,30?/m0/s1. The summed E-state index contributed by atoms with van der Waals surface area (Å²) in [5.41, 5.74) is 3.37. The SMILES string of the molecule is CN1C[C@H](Nc2cnn(C)c(=O)c2Br)C[C@H](c2ccc(C(=O)NCCCCCCCNc3cccc4c3C(=O)N(C3CCC(=O)NC3=O)C4=O)cc2)C1. The van der Waals surface area contributed by atoms with Crippen molar-refractivity contribution in [1.82, 2.24) is 30.2 Å². The van der Waals surface area contributed by atoms with Gasteiger partial charge in [0.25, 0.3) is 23.3 Å². The van der Waals surface area contributed by atoms with Crippen molar-refractivity contribution in [2.24, 2.45) is 7.05 Å². The Morgan fingerprint density at radius 3 is 2.40 bits per heavy atom. The zero-order chi connectivity index (χ0) is 37.6. The maximum Gasteiger partial charge on any atom is 0.282 e. The molecule has 6 rings (SSSR count). The number of amides is 5. The van der Waals surface area contributed by atoms with Crippen molar-refractivity contribution in [2.75, 3.05) is 43.9 Å². The highest BCUT2D eigenvalue weighted by atomic mass is 79.9. The molecule has 2 saturated heterocycles. The van der Waals surface area contributed by atoms with E-state index in [0.717, 1.165) is 56.5 Å². The highest BCUT2D eigenvalue weighted by Crippen LogP contribution is 2.33. The van der Waals surface area contributed by atoms with Gasteiger partial charge in [-0.3, -0.25) is 39.0 Å². The summed E-state index contributed by atoms with van der Waals surface area (Å²) in [7, 11) is 3.70. The number of rotatable bonds is 14. The van der Waals surface area contributed by atoms with Gasteiger partial charge in [0.2, 0.25) is 11.8 Å². The number of hydrogen-bond donors (Lipinski definition) is 4. The molecule has 0 spiro atoms. The van der Waals surface area contributed by atoms with Gasteiger partial charge in [-0.1, -0.05) is 37.5 Å². The summed E-state index contributed by atoms with van der Waals surface area (Å²) >= 11 is 3.40. The molecule has 1 aromatic heterocycles. The molecule has 4 heterocycles. The molecule has 2 fully saturated rings. The molecule has 15 heteroatoms. The molecular formula is C38H45BrN8O6. The van der Waals surface area contributed by atoms with Crippen molar-refractivity contribution in [3.05, 3.63) is 85.7 Å². The molecule has 0 bridgehead atoms. The molecule has 1 unspecified atom stereocenters. The summed E-state index contributed by atoms with van der Waals surface area (Å²) in [6.07, 6.45) is 7.36. The van der Waals surface area contributed by atoms with Gasteiger partial charge in [0.05, 0.1) is 23.0 Å². The molecule has 3 aromatic rings. The van der Waals surface area contributed by atoms with Gasteiger partial charge < -0.3 is 20.9 Å². The maximum atomic E-state index is 13.3. The fraction of sp³-hybridized carbons (Fsp3) is 0.447. The van der Waals surface area contributed by atoms with E-state index < -0.39 is 29.7 Å². The maximum absolute atomic E-state index is 13.3. The quantitative estimate of drug-likeness (QED) is 0.140. The number of likely N-dealkylation sites (N-methyl/N-ethyl adjacent to an activating group) is 1. The molecule has 53 heavy (non-hydrogen) atoms. The zero-order valence-corrected chi connectivity index (χ0v) is 31.5. The fourth-order valence-corrected chi connectivity index (χ4v) is 7.85. The third kappa shape index (κ3) is 8.68. The highest BCUT2D eigenvalue weighted by Gasteiger charge is 2.45. The largest absolute Gasteiger partial charge is 0.384 e. The number of piperidine rings is 2. The lowest BCUT2D eigenvalue weighted by Gasteiger charge is -2.37. The van der Waals surface area contributed by atoms with Crippen LogP contribution in [0.1, 0.15) is 93.9 Å². The van der Waals surface area contributed by atoms with Gasteiger partial charge in [-0.2, -0.15) is 5.10 Å². The summed E-state index contributed by atoms with van der Waals surface area (Å²) in [5.74, 6) is -1.90. The van der Waals surface area contributed by atoms with Gasteiger partial charge >= 0.3 is 0 Å². The van der Waals surface area contributed by atoms with Crippen molar-refractivity contribution in [2.45, 2.75) is 69.4 Å². The number of imide groups is 2. The molecule has 3 aliphatic rings. The van der Waals surface area contributed by atoms with Crippen LogP contribution in [-0.4, -0.2) is 94.4 Å². The van der Waals surface area contributed by atoms with Crippen LogP contribution in [0.15, 0.2) is 57.9 Å². The van der Waals surface area contributed by atoms with E-state index in [1.165, 1.54) is 10.2 Å². The smallest absolute Gasteiger partial charge is 0.282 e. The minimum Gasteiger partial charge on any atom is -0.384 e. The number of halogens is 1. The van der Waals surface area contributed by atoms with E-state index in [1.54, 1.807) is 31.4 Å².